The largest absolute Gasteiger partial charge is 0.381 e. The van der Waals surface area contributed by atoms with E-state index in [1.807, 2.05) is 32.9 Å². The number of hydrogen-bond acceptors (Lipinski definition) is 4. The second kappa shape index (κ2) is 12.1. The number of benzene rings is 2. The van der Waals surface area contributed by atoms with Gasteiger partial charge in [-0.1, -0.05) is 40.2 Å². The maximum atomic E-state index is 13.6. The second-order valence-corrected chi connectivity index (χ2v) is 10.3. The molecule has 37 heavy (non-hydrogen) atoms. The van der Waals surface area contributed by atoms with Crippen molar-refractivity contribution >= 4 is 27.5 Å². The summed E-state index contributed by atoms with van der Waals surface area (Å²) in [5.74, 6) is -0.180. The molecule has 1 aliphatic heterocycles. The van der Waals surface area contributed by atoms with Crippen LogP contribution in [0.3, 0.4) is 0 Å². The number of H-pyrrole nitrogens is 1. The molecule has 1 aliphatic rings. The molecule has 0 radical (unpaired) electrons. The number of carbonyl (C=O) groups is 1. The lowest BCUT2D eigenvalue weighted by Gasteiger charge is -2.37. The summed E-state index contributed by atoms with van der Waals surface area (Å²) in [5, 5.41) is 3.81. The Bertz CT molecular complexity index is 1310. The van der Waals surface area contributed by atoms with E-state index in [4.69, 9.17) is 4.74 Å². The van der Waals surface area contributed by atoms with Crippen LogP contribution in [0.4, 0.5) is 5.69 Å². The molecule has 1 amide bonds. The van der Waals surface area contributed by atoms with E-state index in [1.54, 1.807) is 0 Å². The summed E-state index contributed by atoms with van der Waals surface area (Å²) in [6, 6.07) is 14.9. The Labute approximate surface area is 227 Å². The third kappa shape index (κ3) is 6.16. The second-order valence-electron chi connectivity index (χ2n) is 9.75. The average molecular weight is 567 g/mol. The third-order valence-electron chi connectivity index (χ3n) is 7.27. The van der Waals surface area contributed by atoms with Crippen molar-refractivity contribution in [1.82, 2.24) is 10.3 Å². The molecule has 3 aromatic rings. The minimum atomic E-state index is -0.180. The van der Waals surface area contributed by atoms with Gasteiger partial charge >= 0.3 is 0 Å². The van der Waals surface area contributed by atoms with E-state index in [-0.39, 0.29) is 18.0 Å². The smallest absolute Gasteiger partial charge is 0.253 e. The molecule has 2 heterocycles. The van der Waals surface area contributed by atoms with Crippen LogP contribution < -0.4 is 15.8 Å². The lowest BCUT2D eigenvalue weighted by atomic mass is 9.95. The first-order valence-electron chi connectivity index (χ1n) is 12.9. The summed E-state index contributed by atoms with van der Waals surface area (Å²) >= 11 is 3.52. The lowest BCUT2D eigenvalue weighted by molar-refractivity contribution is 0.0846. The van der Waals surface area contributed by atoms with Crippen molar-refractivity contribution in [3.63, 3.8) is 0 Å². The van der Waals surface area contributed by atoms with Gasteiger partial charge in [-0.25, -0.2) is 0 Å². The van der Waals surface area contributed by atoms with E-state index in [0.29, 0.717) is 17.2 Å². The highest BCUT2D eigenvalue weighted by Crippen LogP contribution is 2.34. The predicted octanol–water partition coefficient (Wildman–Crippen LogP) is 5.80. The number of hydrogen-bond donors (Lipinski definition) is 2. The summed E-state index contributed by atoms with van der Waals surface area (Å²) in [6.07, 6.45) is 1.93. The standard InChI is InChI=1S/C30H36BrN3O3/c1-5-34(25-10-12-37-13-11-25)28-16-24(23-8-6-22(17-31)7-9-23)15-26(21(28)4)29(35)32-18-27-19(2)14-20(3)33-30(27)36/h6-9,14-16,25H,5,10-13,17-18H2,1-4H3,(H,32,35)(H,33,36). The number of rotatable bonds is 8. The highest BCUT2D eigenvalue weighted by molar-refractivity contribution is 9.08. The SMILES string of the molecule is CCN(c1cc(-c2ccc(CBr)cc2)cc(C(=O)NCc2c(C)cc(C)[nH]c2=O)c1C)C1CCOCC1. The Balaban J connectivity index is 1.73. The van der Waals surface area contributed by atoms with E-state index in [2.05, 4.69) is 68.4 Å². The molecule has 1 aromatic heterocycles. The van der Waals surface area contributed by atoms with Gasteiger partial charge in [0.05, 0.1) is 0 Å². The van der Waals surface area contributed by atoms with Gasteiger partial charge < -0.3 is 19.9 Å². The molecule has 2 aromatic carbocycles. The highest BCUT2D eigenvalue weighted by atomic mass is 79.9. The van der Waals surface area contributed by atoms with Crippen LogP contribution in [0.2, 0.25) is 0 Å². The van der Waals surface area contributed by atoms with Crippen LogP contribution >= 0.6 is 15.9 Å². The van der Waals surface area contributed by atoms with Gasteiger partial charge in [-0.15, -0.1) is 0 Å². The van der Waals surface area contributed by atoms with Crippen molar-refractivity contribution in [1.29, 1.82) is 0 Å². The van der Waals surface area contributed by atoms with Crippen molar-refractivity contribution in [2.45, 2.75) is 58.5 Å². The molecule has 0 spiro atoms. The number of aromatic nitrogens is 1. The number of ether oxygens (including phenoxy) is 1. The molecule has 2 N–H and O–H groups in total. The zero-order chi connectivity index (χ0) is 26.5. The predicted molar refractivity (Wildman–Crippen MR) is 154 cm³/mol. The van der Waals surface area contributed by atoms with Gasteiger partial charge in [0, 0.05) is 60.2 Å². The number of amides is 1. The number of pyridine rings is 1. The molecule has 1 fully saturated rings. The zero-order valence-electron chi connectivity index (χ0n) is 22.1. The van der Waals surface area contributed by atoms with Crippen molar-refractivity contribution in [2.24, 2.45) is 0 Å². The molecule has 7 heteroatoms. The number of nitrogens with one attached hydrogen (secondary N) is 2. The summed E-state index contributed by atoms with van der Waals surface area (Å²) in [7, 11) is 0. The van der Waals surface area contributed by atoms with Crippen molar-refractivity contribution in [3.05, 3.63) is 86.3 Å². The van der Waals surface area contributed by atoms with E-state index in [1.165, 1.54) is 5.56 Å². The Morgan fingerprint density at radius 3 is 2.41 bits per heavy atom. The quantitative estimate of drug-likeness (QED) is 0.338. The third-order valence-corrected chi connectivity index (χ3v) is 7.92. The van der Waals surface area contributed by atoms with Crippen LogP contribution in [0.5, 0.6) is 0 Å². The minimum absolute atomic E-state index is 0.160. The minimum Gasteiger partial charge on any atom is -0.381 e. The number of carbonyl (C=O) groups excluding carboxylic acids is 1. The molecule has 0 aliphatic carbocycles. The molecule has 4 rings (SSSR count). The summed E-state index contributed by atoms with van der Waals surface area (Å²) in [5.41, 5.74) is 8.01. The first kappa shape index (κ1) is 27.1. The average Bonchev–Trinajstić information content (AvgIpc) is 2.90. The Kier molecular flexibility index (Phi) is 8.87. The number of anilines is 1. The number of aromatic amines is 1. The van der Waals surface area contributed by atoms with Crippen molar-refractivity contribution < 1.29 is 9.53 Å². The normalized spacial score (nSPS) is 14.0. The molecular weight excluding hydrogens is 530 g/mol. The van der Waals surface area contributed by atoms with Crippen LogP contribution in [0, 0.1) is 20.8 Å². The Morgan fingerprint density at radius 2 is 1.78 bits per heavy atom. The Morgan fingerprint density at radius 1 is 1.08 bits per heavy atom. The molecule has 0 bridgehead atoms. The van der Waals surface area contributed by atoms with Crippen LogP contribution in [-0.2, 0) is 16.6 Å². The summed E-state index contributed by atoms with van der Waals surface area (Å²) in [6.45, 7) is 10.5. The molecule has 196 valence electrons. The first-order valence-corrected chi connectivity index (χ1v) is 14.1. The summed E-state index contributed by atoms with van der Waals surface area (Å²) in [4.78, 5) is 31.3. The van der Waals surface area contributed by atoms with Crippen molar-refractivity contribution in [3.8, 4) is 11.1 Å². The zero-order valence-corrected chi connectivity index (χ0v) is 23.7. The highest BCUT2D eigenvalue weighted by Gasteiger charge is 2.25. The fourth-order valence-electron chi connectivity index (χ4n) is 5.17. The fraction of sp³-hybridized carbons (Fsp3) is 0.400. The molecule has 0 unspecified atom stereocenters. The monoisotopic (exact) mass is 565 g/mol. The van der Waals surface area contributed by atoms with Gasteiger partial charge in [-0.2, -0.15) is 0 Å². The van der Waals surface area contributed by atoms with Crippen LogP contribution in [0.25, 0.3) is 11.1 Å². The van der Waals surface area contributed by atoms with Crippen LogP contribution in [0.15, 0.2) is 47.3 Å². The number of alkyl halides is 1. The fourth-order valence-corrected chi connectivity index (χ4v) is 5.55. The summed E-state index contributed by atoms with van der Waals surface area (Å²) < 4.78 is 5.62. The van der Waals surface area contributed by atoms with Crippen molar-refractivity contribution in [2.75, 3.05) is 24.7 Å². The molecule has 0 saturated carbocycles. The lowest BCUT2D eigenvalue weighted by Crippen LogP contribution is -2.40. The maximum Gasteiger partial charge on any atom is 0.253 e. The van der Waals surface area contributed by atoms with Crippen LogP contribution in [-0.4, -0.2) is 36.7 Å². The van der Waals surface area contributed by atoms with E-state index < -0.39 is 0 Å². The molecule has 1 saturated heterocycles. The number of aryl methyl sites for hydroxylation is 2. The Hall–Kier alpha value is -2.90. The van der Waals surface area contributed by atoms with E-state index in [9.17, 15) is 9.59 Å². The van der Waals surface area contributed by atoms with Gasteiger partial charge in [-0.05, 0) is 86.6 Å². The number of nitrogens with zero attached hydrogens (tertiary/aromatic N) is 1. The maximum absolute atomic E-state index is 13.6. The van der Waals surface area contributed by atoms with Gasteiger partial charge in [0.25, 0.3) is 11.5 Å². The van der Waals surface area contributed by atoms with Gasteiger partial charge in [0.1, 0.15) is 0 Å². The first-order chi connectivity index (χ1) is 17.8. The molecular formula is C30H36BrN3O3. The van der Waals surface area contributed by atoms with Gasteiger partial charge in [0.2, 0.25) is 0 Å². The van der Waals surface area contributed by atoms with E-state index in [0.717, 1.165) is 71.6 Å². The number of halogens is 1. The molecule has 6 nitrogen and oxygen atoms in total. The topological polar surface area (TPSA) is 74.4 Å². The van der Waals surface area contributed by atoms with E-state index >= 15 is 0 Å². The van der Waals surface area contributed by atoms with Crippen LogP contribution in [0.1, 0.15) is 58.1 Å². The molecule has 0 atom stereocenters. The van der Waals surface area contributed by atoms with Gasteiger partial charge in [0.15, 0.2) is 0 Å². The van der Waals surface area contributed by atoms with Gasteiger partial charge in [-0.3, -0.25) is 9.59 Å².